The number of para-hydroxylation sites is 2. The Labute approximate surface area is 151 Å². The van der Waals surface area contributed by atoms with Crippen LogP contribution in [-0.4, -0.2) is 27.0 Å². The summed E-state index contributed by atoms with van der Waals surface area (Å²) >= 11 is 5.88. The van der Waals surface area contributed by atoms with Gasteiger partial charge >= 0.3 is 5.69 Å². The minimum Gasteiger partial charge on any atom is -0.389 e. The summed E-state index contributed by atoms with van der Waals surface area (Å²) < 4.78 is 8.91. The van der Waals surface area contributed by atoms with Crippen molar-refractivity contribution in [2.75, 3.05) is 6.61 Å². The van der Waals surface area contributed by atoms with Crippen LogP contribution in [0.4, 0.5) is 0 Å². The molecule has 3 rings (SSSR count). The van der Waals surface area contributed by atoms with E-state index < -0.39 is 6.10 Å². The number of hydrogen-bond acceptors (Lipinski definition) is 3. The van der Waals surface area contributed by atoms with Crippen LogP contribution in [0.5, 0.6) is 0 Å². The monoisotopic (exact) mass is 360 g/mol. The molecule has 0 aliphatic heterocycles. The Bertz CT molecular complexity index is 915. The molecule has 1 heterocycles. The standard InChI is InChI=1S/C19H21ClN2O3/c1-13(14-7-9-15(20)10-8-14)25-12-16(23)11-22-18-6-4-3-5-17(18)21(2)19(22)24/h3-10,13,16,23H,11-12H2,1-2H3/t13-,16-/m0/s1. The zero-order valence-corrected chi connectivity index (χ0v) is 15.0. The molecule has 1 aromatic heterocycles. The van der Waals surface area contributed by atoms with Crippen LogP contribution in [0.25, 0.3) is 11.0 Å². The number of halogens is 1. The normalized spacial score (nSPS) is 13.9. The van der Waals surface area contributed by atoms with Crippen molar-refractivity contribution in [1.82, 2.24) is 9.13 Å². The van der Waals surface area contributed by atoms with Gasteiger partial charge in [-0.1, -0.05) is 35.9 Å². The van der Waals surface area contributed by atoms with Crippen LogP contribution in [-0.2, 0) is 18.3 Å². The van der Waals surface area contributed by atoms with Gasteiger partial charge in [-0.25, -0.2) is 4.79 Å². The highest BCUT2D eigenvalue weighted by Crippen LogP contribution is 2.19. The van der Waals surface area contributed by atoms with Gasteiger partial charge in [0.2, 0.25) is 0 Å². The van der Waals surface area contributed by atoms with E-state index in [-0.39, 0.29) is 24.9 Å². The van der Waals surface area contributed by atoms with Gasteiger partial charge in [-0.05, 0) is 36.8 Å². The Morgan fingerprint density at radius 3 is 2.44 bits per heavy atom. The molecule has 1 N–H and O–H groups in total. The highest BCUT2D eigenvalue weighted by atomic mass is 35.5. The van der Waals surface area contributed by atoms with Gasteiger partial charge in [-0.3, -0.25) is 9.13 Å². The second-order valence-corrected chi connectivity index (χ2v) is 6.56. The molecule has 0 amide bonds. The summed E-state index contributed by atoms with van der Waals surface area (Å²) in [6, 6.07) is 14.9. The Kier molecular flexibility index (Phi) is 5.27. The molecule has 0 saturated carbocycles. The lowest BCUT2D eigenvalue weighted by molar-refractivity contribution is -0.00868. The fraction of sp³-hybridized carbons (Fsp3) is 0.316. The molecule has 0 saturated heterocycles. The Hall–Kier alpha value is -2.08. The summed E-state index contributed by atoms with van der Waals surface area (Å²) in [5.74, 6) is 0. The number of nitrogens with zero attached hydrogens (tertiary/aromatic N) is 2. The lowest BCUT2D eigenvalue weighted by Crippen LogP contribution is -2.30. The smallest absolute Gasteiger partial charge is 0.328 e. The molecule has 0 unspecified atom stereocenters. The molecule has 0 fully saturated rings. The molecule has 0 aliphatic rings. The number of fused-ring (bicyclic) bond motifs is 1. The van der Waals surface area contributed by atoms with Crippen LogP contribution in [0.2, 0.25) is 5.02 Å². The number of hydrogen-bond donors (Lipinski definition) is 1. The van der Waals surface area contributed by atoms with Crippen LogP contribution in [0.15, 0.2) is 53.3 Å². The number of aliphatic hydroxyl groups excluding tert-OH is 1. The fourth-order valence-electron chi connectivity index (χ4n) is 2.89. The summed E-state index contributed by atoms with van der Waals surface area (Å²) in [7, 11) is 1.73. The molecular formula is C19H21ClN2O3. The predicted octanol–water partition coefficient (Wildman–Crippen LogP) is 3.13. The second kappa shape index (κ2) is 7.44. The van der Waals surface area contributed by atoms with Crippen molar-refractivity contribution in [3.8, 4) is 0 Å². The van der Waals surface area contributed by atoms with E-state index in [0.717, 1.165) is 16.6 Å². The van der Waals surface area contributed by atoms with Crippen molar-refractivity contribution in [3.63, 3.8) is 0 Å². The minimum atomic E-state index is -0.779. The lowest BCUT2D eigenvalue weighted by Gasteiger charge is -2.17. The van der Waals surface area contributed by atoms with E-state index in [2.05, 4.69) is 0 Å². The van der Waals surface area contributed by atoms with Crippen LogP contribution in [0.1, 0.15) is 18.6 Å². The van der Waals surface area contributed by atoms with Gasteiger partial charge in [0.15, 0.2) is 0 Å². The van der Waals surface area contributed by atoms with Crippen LogP contribution >= 0.6 is 11.6 Å². The molecule has 132 valence electrons. The number of aromatic nitrogens is 2. The number of imidazole rings is 1. The fourth-order valence-corrected chi connectivity index (χ4v) is 3.01. The van der Waals surface area contributed by atoms with Crippen molar-refractivity contribution in [3.05, 3.63) is 69.6 Å². The summed E-state index contributed by atoms with van der Waals surface area (Å²) in [6.07, 6.45) is -0.950. The van der Waals surface area contributed by atoms with E-state index in [0.29, 0.717) is 5.02 Å². The second-order valence-electron chi connectivity index (χ2n) is 6.12. The molecule has 3 aromatic rings. The molecule has 2 atom stereocenters. The number of rotatable bonds is 6. The van der Waals surface area contributed by atoms with Crippen molar-refractivity contribution in [1.29, 1.82) is 0 Å². The number of aliphatic hydroxyl groups is 1. The molecule has 2 aromatic carbocycles. The van der Waals surface area contributed by atoms with Gasteiger partial charge in [-0.15, -0.1) is 0 Å². The SMILES string of the molecule is C[C@H](OC[C@@H](O)Cn1c(=O)n(C)c2ccccc21)c1ccc(Cl)cc1. The highest BCUT2D eigenvalue weighted by molar-refractivity contribution is 6.30. The Morgan fingerprint density at radius 1 is 1.12 bits per heavy atom. The quantitative estimate of drug-likeness (QED) is 0.734. The van der Waals surface area contributed by atoms with Gasteiger partial charge in [0.1, 0.15) is 0 Å². The first kappa shape index (κ1) is 17.7. The first-order valence-electron chi connectivity index (χ1n) is 8.16. The molecule has 6 heteroatoms. The van der Waals surface area contributed by atoms with Crippen molar-refractivity contribution in [2.24, 2.45) is 7.05 Å². The van der Waals surface area contributed by atoms with E-state index in [1.165, 1.54) is 0 Å². The maximum Gasteiger partial charge on any atom is 0.328 e. The first-order valence-corrected chi connectivity index (χ1v) is 8.54. The molecule has 5 nitrogen and oxygen atoms in total. The van der Waals surface area contributed by atoms with Gasteiger partial charge in [0.05, 0.1) is 36.4 Å². The van der Waals surface area contributed by atoms with Crippen LogP contribution in [0, 0.1) is 0 Å². The molecule has 0 spiro atoms. The van der Waals surface area contributed by atoms with Crippen molar-refractivity contribution >= 4 is 22.6 Å². The third-order valence-electron chi connectivity index (χ3n) is 4.32. The number of benzene rings is 2. The summed E-state index contributed by atoms with van der Waals surface area (Å²) in [5, 5.41) is 11.0. The predicted molar refractivity (Wildman–Crippen MR) is 99.0 cm³/mol. The molecule has 0 bridgehead atoms. The molecular weight excluding hydrogens is 340 g/mol. The van der Waals surface area contributed by atoms with Gasteiger partial charge in [-0.2, -0.15) is 0 Å². The van der Waals surface area contributed by atoms with Gasteiger partial charge < -0.3 is 9.84 Å². The average molecular weight is 361 g/mol. The maximum absolute atomic E-state index is 12.4. The summed E-state index contributed by atoms with van der Waals surface area (Å²) in [5.41, 5.74) is 2.49. The zero-order chi connectivity index (χ0) is 18.0. The molecule has 0 radical (unpaired) electrons. The van der Waals surface area contributed by atoms with E-state index in [4.69, 9.17) is 16.3 Å². The minimum absolute atomic E-state index is 0.138. The van der Waals surface area contributed by atoms with E-state index in [1.54, 1.807) is 16.2 Å². The first-order chi connectivity index (χ1) is 12.0. The van der Waals surface area contributed by atoms with Crippen molar-refractivity contribution < 1.29 is 9.84 Å². The maximum atomic E-state index is 12.4. The summed E-state index contributed by atoms with van der Waals surface area (Å²) in [4.78, 5) is 12.4. The van der Waals surface area contributed by atoms with E-state index in [1.807, 2.05) is 55.5 Å². The van der Waals surface area contributed by atoms with Crippen molar-refractivity contribution in [2.45, 2.75) is 25.7 Å². The molecule has 0 aliphatic carbocycles. The largest absolute Gasteiger partial charge is 0.389 e. The topological polar surface area (TPSA) is 56.4 Å². The molecule has 25 heavy (non-hydrogen) atoms. The third kappa shape index (κ3) is 3.79. The number of aryl methyl sites for hydroxylation is 1. The van der Waals surface area contributed by atoms with E-state index in [9.17, 15) is 9.90 Å². The Balaban J connectivity index is 1.67. The lowest BCUT2D eigenvalue weighted by atomic mass is 10.1. The van der Waals surface area contributed by atoms with Crippen LogP contribution < -0.4 is 5.69 Å². The zero-order valence-electron chi connectivity index (χ0n) is 14.2. The Morgan fingerprint density at radius 2 is 1.76 bits per heavy atom. The van der Waals surface area contributed by atoms with Gasteiger partial charge in [0.25, 0.3) is 0 Å². The van der Waals surface area contributed by atoms with Gasteiger partial charge in [0, 0.05) is 12.1 Å². The highest BCUT2D eigenvalue weighted by Gasteiger charge is 2.15. The van der Waals surface area contributed by atoms with E-state index >= 15 is 0 Å². The summed E-state index contributed by atoms with van der Waals surface area (Å²) in [6.45, 7) is 2.24. The third-order valence-corrected chi connectivity index (χ3v) is 4.58. The number of ether oxygens (including phenoxy) is 1. The van der Waals surface area contributed by atoms with Crippen LogP contribution in [0.3, 0.4) is 0 Å². The average Bonchev–Trinajstić information content (AvgIpc) is 2.85.